The highest BCUT2D eigenvalue weighted by molar-refractivity contribution is 6.11. The van der Waals surface area contributed by atoms with Gasteiger partial charge < -0.3 is 24.1 Å². The first-order valence-electron chi connectivity index (χ1n) is 9.78. The molecule has 0 amide bonds. The molecular weight excluding hydrogens is 452 g/mol. The van der Waals surface area contributed by atoms with Gasteiger partial charge in [0.2, 0.25) is 0 Å². The number of rotatable bonds is 12. The van der Waals surface area contributed by atoms with Crippen molar-refractivity contribution in [3.8, 4) is 0 Å². The second kappa shape index (κ2) is 12.7. The van der Waals surface area contributed by atoms with Crippen molar-refractivity contribution in [3.05, 3.63) is 58.7 Å². The lowest BCUT2D eigenvalue weighted by molar-refractivity contribution is -0.140. The average Bonchev–Trinajstić information content (AvgIpc) is 2.77. The molecule has 1 aromatic rings. The van der Waals surface area contributed by atoms with E-state index in [2.05, 4.69) is 13.2 Å². The lowest BCUT2D eigenvalue weighted by Gasteiger charge is -2.13. The van der Waals surface area contributed by atoms with Crippen LogP contribution in [0.2, 0.25) is 0 Å². The normalized spacial score (nSPS) is 9.97. The van der Waals surface area contributed by atoms with Gasteiger partial charge in [0, 0.05) is 16.7 Å². The Bertz CT molecular complexity index is 966. The molecule has 1 N–H and O–H groups in total. The summed E-state index contributed by atoms with van der Waals surface area (Å²) < 4.78 is 19.5. The van der Waals surface area contributed by atoms with Crippen molar-refractivity contribution in [3.63, 3.8) is 0 Å². The summed E-state index contributed by atoms with van der Waals surface area (Å²) in [5.41, 5.74) is -1.51. The van der Waals surface area contributed by atoms with Gasteiger partial charge in [-0.2, -0.15) is 0 Å². The lowest BCUT2D eigenvalue weighted by Crippen LogP contribution is -2.21. The first kappa shape index (κ1) is 27.8. The molecule has 1 aromatic carbocycles. The van der Waals surface area contributed by atoms with E-state index in [1.54, 1.807) is 0 Å². The van der Waals surface area contributed by atoms with Gasteiger partial charge in [-0.25, -0.2) is 24.0 Å². The van der Waals surface area contributed by atoms with Crippen LogP contribution >= 0.6 is 0 Å². The summed E-state index contributed by atoms with van der Waals surface area (Å²) >= 11 is 0. The number of hydrogen-bond donors (Lipinski definition) is 1. The van der Waals surface area contributed by atoms with Gasteiger partial charge in [0.25, 0.3) is 0 Å². The predicted octanol–water partition coefficient (Wildman–Crippen LogP) is 2.14. The molecule has 0 unspecified atom stereocenters. The molecule has 0 aliphatic rings. The van der Waals surface area contributed by atoms with Gasteiger partial charge in [0.1, 0.15) is 26.4 Å². The minimum atomic E-state index is -1.51. The van der Waals surface area contributed by atoms with Crippen molar-refractivity contribution in [1.29, 1.82) is 0 Å². The minimum absolute atomic E-state index is 0.135. The molecule has 0 heterocycles. The van der Waals surface area contributed by atoms with E-state index in [0.717, 1.165) is 19.1 Å². The zero-order valence-electron chi connectivity index (χ0n) is 18.9. The Hall–Kier alpha value is -4.28. The van der Waals surface area contributed by atoms with Crippen LogP contribution in [-0.2, 0) is 28.5 Å². The summed E-state index contributed by atoms with van der Waals surface area (Å²) in [6, 6.07) is 1.73. The number of aromatic carboxylic acids is 1. The fourth-order valence-corrected chi connectivity index (χ4v) is 2.35. The molecule has 0 atom stereocenters. The zero-order valence-corrected chi connectivity index (χ0v) is 18.9. The van der Waals surface area contributed by atoms with E-state index in [4.69, 9.17) is 18.9 Å². The van der Waals surface area contributed by atoms with Crippen LogP contribution in [0.4, 0.5) is 0 Å². The smallest absolute Gasteiger partial charge is 0.339 e. The van der Waals surface area contributed by atoms with Crippen molar-refractivity contribution < 1.29 is 52.8 Å². The Morgan fingerprint density at radius 1 is 0.647 bits per heavy atom. The van der Waals surface area contributed by atoms with Gasteiger partial charge in [0.15, 0.2) is 5.78 Å². The quantitative estimate of drug-likeness (QED) is 0.155. The molecule has 34 heavy (non-hydrogen) atoms. The standard InChI is InChI=1S/C23H24O11/c1-12(2)20(27)31-6-8-33-22(29)17-10-15(14(5)24)16(19(25)26)11-18(17)23(30)34-9-7-32-21(28)13(3)4/h10-11H,1,3,6-9H2,2,4-5H3,(H,25,26). The Labute approximate surface area is 194 Å². The largest absolute Gasteiger partial charge is 0.478 e. The van der Waals surface area contributed by atoms with Crippen LogP contribution in [0.3, 0.4) is 0 Å². The summed E-state index contributed by atoms with van der Waals surface area (Å²) in [6.07, 6.45) is 0. The lowest BCUT2D eigenvalue weighted by atomic mass is 9.96. The van der Waals surface area contributed by atoms with Gasteiger partial charge >= 0.3 is 29.8 Å². The third kappa shape index (κ3) is 8.01. The Morgan fingerprint density at radius 3 is 1.32 bits per heavy atom. The van der Waals surface area contributed by atoms with Crippen molar-refractivity contribution in [2.75, 3.05) is 26.4 Å². The summed E-state index contributed by atoms with van der Waals surface area (Å²) in [5.74, 6) is -5.80. The van der Waals surface area contributed by atoms with Gasteiger partial charge in [-0.15, -0.1) is 0 Å². The van der Waals surface area contributed by atoms with E-state index in [9.17, 15) is 33.9 Å². The van der Waals surface area contributed by atoms with E-state index in [1.165, 1.54) is 13.8 Å². The second-order valence-corrected chi connectivity index (χ2v) is 6.91. The summed E-state index contributed by atoms with van der Waals surface area (Å²) in [7, 11) is 0. The van der Waals surface area contributed by atoms with Gasteiger partial charge in [-0.05, 0) is 32.9 Å². The summed E-state index contributed by atoms with van der Waals surface area (Å²) in [4.78, 5) is 71.3. The number of carbonyl (C=O) groups is 6. The minimum Gasteiger partial charge on any atom is -0.478 e. The Morgan fingerprint density at radius 2 is 1.00 bits per heavy atom. The number of ether oxygens (including phenoxy) is 4. The molecule has 0 aromatic heterocycles. The number of carboxylic acids is 1. The average molecular weight is 476 g/mol. The molecule has 182 valence electrons. The van der Waals surface area contributed by atoms with Gasteiger partial charge in [-0.3, -0.25) is 4.79 Å². The predicted molar refractivity (Wildman–Crippen MR) is 116 cm³/mol. The highest BCUT2D eigenvalue weighted by Crippen LogP contribution is 2.21. The summed E-state index contributed by atoms with van der Waals surface area (Å²) in [6.45, 7) is 9.32. The molecule has 1 rings (SSSR count). The van der Waals surface area contributed by atoms with E-state index in [1.807, 2.05) is 0 Å². The maximum absolute atomic E-state index is 12.6. The van der Waals surface area contributed by atoms with Crippen LogP contribution in [0.25, 0.3) is 0 Å². The van der Waals surface area contributed by atoms with E-state index >= 15 is 0 Å². The van der Waals surface area contributed by atoms with E-state index < -0.39 is 58.9 Å². The molecule has 11 nitrogen and oxygen atoms in total. The topological polar surface area (TPSA) is 160 Å². The van der Waals surface area contributed by atoms with Crippen molar-refractivity contribution in [2.45, 2.75) is 20.8 Å². The maximum Gasteiger partial charge on any atom is 0.339 e. The number of benzene rings is 1. The van der Waals surface area contributed by atoms with Crippen molar-refractivity contribution in [2.24, 2.45) is 0 Å². The van der Waals surface area contributed by atoms with Crippen LogP contribution in [0, 0.1) is 0 Å². The number of carbonyl (C=O) groups excluding carboxylic acids is 5. The van der Waals surface area contributed by atoms with Crippen molar-refractivity contribution >= 4 is 35.6 Å². The van der Waals surface area contributed by atoms with E-state index in [-0.39, 0.29) is 36.5 Å². The van der Waals surface area contributed by atoms with Gasteiger partial charge in [0.05, 0.1) is 16.7 Å². The SMILES string of the molecule is C=C(C)C(=O)OCCOC(=O)c1cc(C(C)=O)c(C(=O)O)cc1C(=O)OCCOC(=O)C(=C)C. The Balaban J connectivity index is 3.11. The molecule has 0 bridgehead atoms. The molecule has 0 saturated heterocycles. The van der Waals surface area contributed by atoms with Crippen molar-refractivity contribution in [1.82, 2.24) is 0 Å². The van der Waals surface area contributed by atoms with Crippen LogP contribution in [0.15, 0.2) is 36.4 Å². The first-order valence-corrected chi connectivity index (χ1v) is 9.78. The fraction of sp³-hybridized carbons (Fsp3) is 0.304. The van der Waals surface area contributed by atoms with E-state index in [0.29, 0.717) is 0 Å². The third-order valence-corrected chi connectivity index (χ3v) is 4.00. The number of ketones is 1. The number of Topliss-reactive ketones (excluding diaryl/α,β-unsaturated/α-hetero) is 1. The van der Waals surface area contributed by atoms with Crippen LogP contribution in [0.5, 0.6) is 0 Å². The van der Waals surface area contributed by atoms with Gasteiger partial charge in [-0.1, -0.05) is 13.2 Å². The highest BCUT2D eigenvalue weighted by Gasteiger charge is 2.26. The molecule has 0 saturated carbocycles. The first-order chi connectivity index (χ1) is 15.9. The number of esters is 4. The molecule has 0 fully saturated rings. The molecule has 0 spiro atoms. The fourth-order valence-electron chi connectivity index (χ4n) is 2.35. The zero-order chi connectivity index (χ0) is 26.0. The molecule has 0 aliphatic carbocycles. The second-order valence-electron chi connectivity index (χ2n) is 6.91. The number of carboxylic acid groups (broad SMARTS) is 1. The molecule has 11 heteroatoms. The molecule has 0 radical (unpaired) electrons. The monoisotopic (exact) mass is 476 g/mol. The van der Waals surface area contributed by atoms with Crippen LogP contribution in [-0.4, -0.2) is 67.2 Å². The highest BCUT2D eigenvalue weighted by atomic mass is 16.6. The van der Waals surface area contributed by atoms with Crippen LogP contribution < -0.4 is 0 Å². The van der Waals surface area contributed by atoms with Crippen LogP contribution in [0.1, 0.15) is 62.2 Å². The Kier molecular flexibility index (Phi) is 10.3. The molecule has 0 aliphatic heterocycles. The summed E-state index contributed by atoms with van der Waals surface area (Å²) in [5, 5.41) is 9.41. The maximum atomic E-state index is 12.6. The third-order valence-electron chi connectivity index (χ3n) is 4.00. The molecular formula is C23H24O11. The number of hydrogen-bond acceptors (Lipinski definition) is 10.